The summed E-state index contributed by atoms with van der Waals surface area (Å²) in [6.07, 6.45) is -0.0269. The molecule has 1 fully saturated rings. The average molecular weight is 129 g/mol. The Kier molecular flexibility index (Phi) is 2.32. The van der Waals surface area contributed by atoms with Gasteiger partial charge in [-0.1, -0.05) is 5.11 Å². The third kappa shape index (κ3) is 1.89. The summed E-state index contributed by atoms with van der Waals surface area (Å²) >= 11 is 0. The molecule has 0 aromatic carbocycles. The highest BCUT2D eigenvalue weighted by atomic mass is 16.7. The summed E-state index contributed by atoms with van der Waals surface area (Å²) in [7, 11) is 0. The summed E-state index contributed by atoms with van der Waals surface area (Å²) in [6, 6.07) is 0. The molecule has 0 radical (unpaired) electrons. The van der Waals surface area contributed by atoms with E-state index in [-0.39, 0.29) is 6.10 Å². The maximum atomic E-state index is 7.89. The van der Waals surface area contributed by atoms with E-state index in [4.69, 9.17) is 15.0 Å². The minimum atomic E-state index is -0.0269. The molecule has 5 heteroatoms. The Hall–Kier alpha value is -0.770. The van der Waals surface area contributed by atoms with Crippen molar-refractivity contribution >= 4 is 0 Å². The van der Waals surface area contributed by atoms with E-state index in [1.807, 2.05) is 0 Å². The van der Waals surface area contributed by atoms with Crippen LogP contribution in [0.4, 0.5) is 0 Å². The lowest BCUT2D eigenvalue weighted by molar-refractivity contribution is 0.0491. The van der Waals surface area contributed by atoms with Crippen LogP contribution in [0.3, 0.4) is 0 Å². The topological polar surface area (TPSA) is 67.2 Å². The van der Waals surface area contributed by atoms with Crippen LogP contribution in [0.5, 0.6) is 0 Å². The summed E-state index contributed by atoms with van der Waals surface area (Å²) in [4.78, 5) is 2.59. The zero-order valence-corrected chi connectivity index (χ0v) is 4.86. The molecule has 1 heterocycles. The molecule has 0 aliphatic carbocycles. The van der Waals surface area contributed by atoms with Crippen LogP contribution < -0.4 is 0 Å². The van der Waals surface area contributed by atoms with Crippen molar-refractivity contribution in [2.24, 2.45) is 5.11 Å². The van der Waals surface area contributed by atoms with Gasteiger partial charge in [0.15, 0.2) is 0 Å². The van der Waals surface area contributed by atoms with Crippen LogP contribution >= 0.6 is 0 Å². The van der Waals surface area contributed by atoms with Gasteiger partial charge in [-0.05, 0) is 5.53 Å². The molecule has 0 saturated carbocycles. The molecule has 1 atom stereocenters. The third-order valence-electron chi connectivity index (χ3n) is 1.04. The Morgan fingerprint density at radius 2 is 2.67 bits per heavy atom. The van der Waals surface area contributed by atoms with Crippen LogP contribution in [-0.2, 0) is 9.47 Å². The van der Waals surface area contributed by atoms with Gasteiger partial charge in [0, 0.05) is 4.91 Å². The van der Waals surface area contributed by atoms with Crippen molar-refractivity contribution in [3.8, 4) is 0 Å². The Morgan fingerprint density at radius 1 is 1.78 bits per heavy atom. The van der Waals surface area contributed by atoms with Crippen molar-refractivity contribution in [2.45, 2.75) is 6.10 Å². The Morgan fingerprint density at radius 3 is 3.22 bits per heavy atom. The van der Waals surface area contributed by atoms with E-state index in [0.717, 1.165) is 0 Å². The maximum Gasteiger partial charge on any atom is 0.147 e. The first kappa shape index (κ1) is 6.35. The summed E-state index contributed by atoms with van der Waals surface area (Å²) in [5, 5.41) is 3.33. The molecule has 0 aromatic heterocycles. The molecule has 0 amide bonds. The first-order chi connectivity index (χ1) is 4.43. The predicted molar refractivity (Wildman–Crippen MR) is 29.7 cm³/mol. The molecule has 0 spiro atoms. The van der Waals surface area contributed by atoms with Crippen LogP contribution in [-0.4, -0.2) is 26.0 Å². The van der Waals surface area contributed by atoms with Crippen molar-refractivity contribution in [1.82, 2.24) is 0 Å². The van der Waals surface area contributed by atoms with Crippen molar-refractivity contribution in [3.05, 3.63) is 10.4 Å². The number of hydrogen-bond donors (Lipinski definition) is 0. The second kappa shape index (κ2) is 3.29. The maximum absolute atomic E-state index is 7.89. The molecule has 0 N–H and O–H groups in total. The van der Waals surface area contributed by atoms with Gasteiger partial charge in [0.2, 0.25) is 0 Å². The number of azide groups is 1. The van der Waals surface area contributed by atoms with E-state index in [1.165, 1.54) is 0 Å². The third-order valence-corrected chi connectivity index (χ3v) is 1.04. The molecule has 1 rings (SSSR count). The molecule has 1 aliphatic rings. The Labute approximate surface area is 52.2 Å². The Bertz CT molecular complexity index is 126. The SMILES string of the molecule is [N-]=[N+]=NC[C@H]1COCO1. The number of ether oxygens (including phenoxy) is 2. The second-order valence-electron chi connectivity index (χ2n) is 1.69. The van der Waals surface area contributed by atoms with Crippen molar-refractivity contribution in [1.29, 1.82) is 0 Å². The fraction of sp³-hybridized carbons (Fsp3) is 1.00. The fourth-order valence-corrected chi connectivity index (χ4v) is 0.605. The summed E-state index contributed by atoms with van der Waals surface area (Å²) in [5.74, 6) is 0. The van der Waals surface area contributed by atoms with Crippen LogP contribution in [0.15, 0.2) is 5.11 Å². The lowest BCUT2D eigenvalue weighted by atomic mass is 10.4. The van der Waals surface area contributed by atoms with E-state index in [2.05, 4.69) is 10.0 Å². The summed E-state index contributed by atoms with van der Waals surface area (Å²) in [6.45, 7) is 1.24. The molecule has 0 bridgehead atoms. The summed E-state index contributed by atoms with van der Waals surface area (Å²) in [5.41, 5.74) is 7.89. The van der Waals surface area contributed by atoms with Gasteiger partial charge in [0.25, 0.3) is 0 Å². The number of rotatable bonds is 2. The molecular formula is C4H7N3O2. The first-order valence-electron chi connectivity index (χ1n) is 2.63. The molecule has 0 aromatic rings. The van der Waals surface area contributed by atoms with Gasteiger partial charge in [-0.2, -0.15) is 0 Å². The van der Waals surface area contributed by atoms with Gasteiger partial charge in [0.1, 0.15) is 6.79 Å². The highest BCUT2D eigenvalue weighted by Crippen LogP contribution is 2.02. The lowest BCUT2D eigenvalue weighted by Gasteiger charge is -1.98. The van der Waals surface area contributed by atoms with Crippen LogP contribution in [0.2, 0.25) is 0 Å². The molecule has 5 nitrogen and oxygen atoms in total. The van der Waals surface area contributed by atoms with Gasteiger partial charge < -0.3 is 9.47 Å². The van der Waals surface area contributed by atoms with Gasteiger partial charge in [0.05, 0.1) is 19.3 Å². The first-order valence-corrected chi connectivity index (χ1v) is 2.63. The van der Waals surface area contributed by atoms with Crippen molar-refractivity contribution < 1.29 is 9.47 Å². The van der Waals surface area contributed by atoms with Crippen molar-refractivity contribution in [3.63, 3.8) is 0 Å². The van der Waals surface area contributed by atoms with E-state index in [1.54, 1.807) is 0 Å². The van der Waals surface area contributed by atoms with Gasteiger partial charge >= 0.3 is 0 Å². The number of hydrogen-bond acceptors (Lipinski definition) is 3. The zero-order chi connectivity index (χ0) is 6.53. The highest BCUT2D eigenvalue weighted by molar-refractivity contribution is 4.62. The minimum Gasteiger partial charge on any atom is -0.353 e. The zero-order valence-electron chi connectivity index (χ0n) is 4.86. The van der Waals surface area contributed by atoms with Gasteiger partial charge in [-0.15, -0.1) is 0 Å². The van der Waals surface area contributed by atoms with E-state index in [9.17, 15) is 0 Å². The predicted octanol–water partition coefficient (Wildman–Crippen LogP) is 0.670. The fourth-order valence-electron chi connectivity index (χ4n) is 0.605. The second-order valence-corrected chi connectivity index (χ2v) is 1.69. The average Bonchev–Trinajstić information content (AvgIpc) is 2.34. The van der Waals surface area contributed by atoms with Crippen LogP contribution in [0.25, 0.3) is 10.4 Å². The molecule has 0 unspecified atom stereocenters. The van der Waals surface area contributed by atoms with E-state index in [0.29, 0.717) is 19.9 Å². The smallest absolute Gasteiger partial charge is 0.147 e. The van der Waals surface area contributed by atoms with Crippen molar-refractivity contribution in [2.75, 3.05) is 19.9 Å². The largest absolute Gasteiger partial charge is 0.353 e. The standard InChI is InChI=1S/C4H7N3O2/c5-7-6-1-4-2-8-3-9-4/h4H,1-3H2/t4-/m0/s1. The molecule has 1 saturated heterocycles. The quantitative estimate of drug-likeness (QED) is 0.312. The molecule has 50 valence electrons. The molecule has 9 heavy (non-hydrogen) atoms. The van der Waals surface area contributed by atoms with Gasteiger partial charge in [-0.3, -0.25) is 0 Å². The molecular weight excluding hydrogens is 122 g/mol. The molecule has 1 aliphatic heterocycles. The van der Waals surface area contributed by atoms with Gasteiger partial charge in [-0.25, -0.2) is 0 Å². The normalized spacial score (nSPS) is 25.6. The minimum absolute atomic E-state index is 0.0269. The van der Waals surface area contributed by atoms with E-state index < -0.39 is 0 Å². The van der Waals surface area contributed by atoms with Crippen LogP contribution in [0.1, 0.15) is 0 Å². The number of nitrogens with zero attached hydrogens (tertiary/aromatic N) is 3. The summed E-state index contributed by atoms with van der Waals surface area (Å²) < 4.78 is 9.82. The Balaban J connectivity index is 2.18. The van der Waals surface area contributed by atoms with E-state index >= 15 is 0 Å². The lowest BCUT2D eigenvalue weighted by Crippen LogP contribution is -2.12. The highest BCUT2D eigenvalue weighted by Gasteiger charge is 2.13. The monoisotopic (exact) mass is 129 g/mol. The van der Waals surface area contributed by atoms with Crippen LogP contribution in [0, 0.1) is 0 Å².